The van der Waals surface area contributed by atoms with Crippen LogP contribution in [0.25, 0.3) is 0 Å². The second-order valence-electron chi connectivity index (χ2n) is 7.25. The summed E-state index contributed by atoms with van der Waals surface area (Å²) in [6.45, 7) is 5.83. The molecule has 162 valence electrons. The largest absolute Gasteiger partial charge is 0.493 e. The van der Waals surface area contributed by atoms with Crippen molar-refractivity contribution in [3.63, 3.8) is 0 Å². The van der Waals surface area contributed by atoms with Gasteiger partial charge in [0.1, 0.15) is 6.04 Å². The van der Waals surface area contributed by atoms with Crippen molar-refractivity contribution in [2.75, 3.05) is 19.0 Å². The van der Waals surface area contributed by atoms with Gasteiger partial charge in [0.05, 0.1) is 11.6 Å². The SMILES string of the molecule is COc1cc(CNC(C(=O)O)C(C)C)cc(Br)c1OCC(=O)Nc1ccc(C)cc1. The molecule has 0 aliphatic carbocycles. The predicted octanol–water partition coefficient (Wildman–Crippen LogP) is 3.98. The predicted molar refractivity (Wildman–Crippen MR) is 119 cm³/mol. The second kappa shape index (κ2) is 11.0. The third kappa shape index (κ3) is 6.74. The zero-order chi connectivity index (χ0) is 22.3. The second-order valence-corrected chi connectivity index (χ2v) is 8.11. The molecule has 30 heavy (non-hydrogen) atoms. The van der Waals surface area contributed by atoms with E-state index >= 15 is 0 Å². The smallest absolute Gasteiger partial charge is 0.320 e. The van der Waals surface area contributed by atoms with E-state index in [2.05, 4.69) is 26.6 Å². The topological polar surface area (TPSA) is 96.9 Å². The van der Waals surface area contributed by atoms with Gasteiger partial charge in [-0.3, -0.25) is 9.59 Å². The fourth-order valence-electron chi connectivity index (χ4n) is 2.82. The molecule has 0 fully saturated rings. The minimum Gasteiger partial charge on any atom is -0.493 e. The molecule has 2 rings (SSSR count). The van der Waals surface area contributed by atoms with Gasteiger partial charge in [0.2, 0.25) is 0 Å². The number of nitrogens with one attached hydrogen (secondary N) is 2. The Morgan fingerprint density at radius 1 is 1.17 bits per heavy atom. The Labute approximate surface area is 184 Å². The Bertz CT molecular complexity index is 884. The van der Waals surface area contributed by atoms with Gasteiger partial charge in [-0.2, -0.15) is 0 Å². The summed E-state index contributed by atoms with van der Waals surface area (Å²) >= 11 is 3.45. The molecule has 7 nitrogen and oxygen atoms in total. The lowest BCUT2D eigenvalue weighted by Crippen LogP contribution is -2.40. The van der Waals surface area contributed by atoms with Crippen LogP contribution in [0.5, 0.6) is 11.5 Å². The Morgan fingerprint density at radius 2 is 1.83 bits per heavy atom. The number of halogens is 1. The first-order valence-corrected chi connectivity index (χ1v) is 10.3. The Balaban J connectivity index is 2.03. The van der Waals surface area contributed by atoms with Gasteiger partial charge in [-0.05, 0) is 58.6 Å². The highest BCUT2D eigenvalue weighted by molar-refractivity contribution is 9.10. The molecule has 0 aliphatic heterocycles. The highest BCUT2D eigenvalue weighted by Crippen LogP contribution is 2.36. The summed E-state index contributed by atoms with van der Waals surface area (Å²) in [5, 5.41) is 15.1. The van der Waals surface area contributed by atoms with E-state index in [1.54, 1.807) is 6.07 Å². The summed E-state index contributed by atoms with van der Waals surface area (Å²) < 4.78 is 11.7. The molecule has 1 amide bonds. The average Bonchev–Trinajstić information content (AvgIpc) is 2.68. The molecule has 8 heteroatoms. The van der Waals surface area contributed by atoms with Crippen LogP contribution < -0.4 is 20.1 Å². The molecule has 0 bridgehead atoms. The van der Waals surface area contributed by atoms with Crippen molar-refractivity contribution in [2.45, 2.75) is 33.4 Å². The van der Waals surface area contributed by atoms with E-state index in [-0.39, 0.29) is 18.4 Å². The number of carbonyl (C=O) groups is 2. The summed E-state index contributed by atoms with van der Waals surface area (Å²) in [6.07, 6.45) is 0. The quantitative estimate of drug-likeness (QED) is 0.477. The highest BCUT2D eigenvalue weighted by Gasteiger charge is 2.21. The van der Waals surface area contributed by atoms with Crippen LogP contribution in [0.4, 0.5) is 5.69 Å². The van der Waals surface area contributed by atoms with Gasteiger partial charge in [0.25, 0.3) is 5.91 Å². The number of rotatable bonds is 10. The van der Waals surface area contributed by atoms with Crippen LogP contribution in [0.3, 0.4) is 0 Å². The molecule has 1 atom stereocenters. The Morgan fingerprint density at radius 3 is 2.40 bits per heavy atom. The summed E-state index contributed by atoms with van der Waals surface area (Å²) in [7, 11) is 1.51. The molecule has 1 unspecified atom stereocenters. The molecule has 0 heterocycles. The summed E-state index contributed by atoms with van der Waals surface area (Å²) in [6, 6.07) is 10.4. The molecule has 2 aromatic rings. The van der Waals surface area contributed by atoms with Gasteiger partial charge >= 0.3 is 5.97 Å². The van der Waals surface area contributed by atoms with Gasteiger partial charge in [0.15, 0.2) is 18.1 Å². The van der Waals surface area contributed by atoms with Gasteiger partial charge < -0.3 is 25.2 Å². The van der Waals surface area contributed by atoms with Gasteiger partial charge in [0, 0.05) is 12.2 Å². The Hall–Kier alpha value is -2.58. The van der Waals surface area contributed by atoms with Crippen LogP contribution in [-0.4, -0.2) is 36.7 Å². The van der Waals surface area contributed by atoms with E-state index in [1.165, 1.54) is 7.11 Å². The fraction of sp³-hybridized carbons (Fsp3) is 0.364. The molecular weight excluding hydrogens is 452 g/mol. The number of carboxylic acid groups (broad SMARTS) is 1. The number of hydrogen-bond donors (Lipinski definition) is 3. The fourth-order valence-corrected chi connectivity index (χ4v) is 3.43. The number of ether oxygens (including phenoxy) is 2. The molecular formula is C22H27BrN2O5. The summed E-state index contributed by atoms with van der Waals surface area (Å²) in [5.74, 6) is -0.391. The van der Waals surface area contributed by atoms with E-state index in [4.69, 9.17) is 9.47 Å². The zero-order valence-electron chi connectivity index (χ0n) is 17.5. The van der Waals surface area contributed by atoms with E-state index < -0.39 is 12.0 Å². The van der Waals surface area contributed by atoms with E-state index in [0.29, 0.717) is 28.2 Å². The van der Waals surface area contributed by atoms with Crippen LogP contribution in [0.1, 0.15) is 25.0 Å². The molecule has 0 aromatic heterocycles. The highest BCUT2D eigenvalue weighted by atomic mass is 79.9. The van der Waals surface area contributed by atoms with Gasteiger partial charge in [-0.25, -0.2) is 0 Å². The number of hydrogen-bond acceptors (Lipinski definition) is 5. The zero-order valence-corrected chi connectivity index (χ0v) is 19.1. The minimum absolute atomic E-state index is 0.0533. The summed E-state index contributed by atoms with van der Waals surface area (Å²) in [5.41, 5.74) is 2.62. The van der Waals surface area contributed by atoms with Crippen molar-refractivity contribution in [1.82, 2.24) is 5.32 Å². The van der Waals surface area contributed by atoms with Crippen LogP contribution in [0.2, 0.25) is 0 Å². The first-order chi connectivity index (χ1) is 14.2. The van der Waals surface area contributed by atoms with Crippen molar-refractivity contribution in [1.29, 1.82) is 0 Å². The van der Waals surface area contributed by atoms with Gasteiger partial charge in [-0.1, -0.05) is 31.5 Å². The first kappa shape index (κ1) is 23.7. The third-order valence-corrected chi connectivity index (χ3v) is 5.02. The number of carbonyl (C=O) groups excluding carboxylic acids is 1. The Kier molecular flexibility index (Phi) is 8.68. The normalized spacial score (nSPS) is 11.8. The number of amides is 1. The van der Waals surface area contributed by atoms with Crippen molar-refractivity contribution in [3.05, 3.63) is 52.0 Å². The van der Waals surface area contributed by atoms with Crippen LogP contribution >= 0.6 is 15.9 Å². The van der Waals surface area contributed by atoms with Crippen LogP contribution in [0, 0.1) is 12.8 Å². The molecule has 3 N–H and O–H groups in total. The molecule has 0 spiro atoms. The third-order valence-electron chi connectivity index (χ3n) is 4.43. The van der Waals surface area contributed by atoms with E-state index in [9.17, 15) is 14.7 Å². The molecule has 2 aromatic carbocycles. The maximum Gasteiger partial charge on any atom is 0.320 e. The van der Waals surface area contributed by atoms with E-state index in [1.807, 2.05) is 51.1 Å². The molecule has 0 saturated heterocycles. The number of aryl methyl sites for hydroxylation is 1. The van der Waals surface area contributed by atoms with Crippen molar-refractivity contribution >= 4 is 33.5 Å². The molecule has 0 aliphatic rings. The van der Waals surface area contributed by atoms with Crippen molar-refractivity contribution in [2.24, 2.45) is 5.92 Å². The average molecular weight is 479 g/mol. The number of anilines is 1. The standard InChI is InChI=1S/C22H27BrN2O5/c1-13(2)20(22(27)28)24-11-15-9-17(23)21(18(10-15)29-4)30-12-19(26)25-16-7-5-14(3)6-8-16/h5-10,13,20,24H,11-12H2,1-4H3,(H,25,26)(H,27,28). The first-order valence-electron chi connectivity index (χ1n) is 9.53. The molecule has 0 radical (unpaired) electrons. The molecule has 0 saturated carbocycles. The lowest BCUT2D eigenvalue weighted by atomic mass is 10.0. The summed E-state index contributed by atoms with van der Waals surface area (Å²) in [4.78, 5) is 23.5. The van der Waals surface area contributed by atoms with Gasteiger partial charge in [-0.15, -0.1) is 0 Å². The number of methoxy groups -OCH3 is 1. The number of carboxylic acids is 1. The maximum absolute atomic E-state index is 12.2. The number of aliphatic carboxylic acids is 1. The number of benzene rings is 2. The van der Waals surface area contributed by atoms with Crippen LogP contribution in [0.15, 0.2) is 40.9 Å². The van der Waals surface area contributed by atoms with E-state index in [0.717, 1.165) is 11.1 Å². The lowest BCUT2D eigenvalue weighted by Gasteiger charge is -2.19. The lowest BCUT2D eigenvalue weighted by molar-refractivity contribution is -0.140. The maximum atomic E-state index is 12.2. The monoisotopic (exact) mass is 478 g/mol. The van der Waals surface area contributed by atoms with Crippen molar-refractivity contribution < 1.29 is 24.2 Å². The van der Waals surface area contributed by atoms with Crippen molar-refractivity contribution in [3.8, 4) is 11.5 Å². The van der Waals surface area contributed by atoms with Crippen LogP contribution in [-0.2, 0) is 16.1 Å². The minimum atomic E-state index is -0.893.